The molecular weight excluding hydrogens is 222 g/mol. The highest BCUT2D eigenvalue weighted by Gasteiger charge is 2.22. The van der Waals surface area contributed by atoms with Gasteiger partial charge in [-0.2, -0.15) is 5.10 Å². The second-order valence-electron chi connectivity index (χ2n) is 5.81. The van der Waals surface area contributed by atoms with Gasteiger partial charge >= 0.3 is 0 Å². The fourth-order valence-corrected chi connectivity index (χ4v) is 2.50. The fraction of sp³-hybridized carbons (Fsp3) is 0.800. The predicted molar refractivity (Wildman–Crippen MR) is 75.7 cm³/mol. The van der Waals surface area contributed by atoms with Crippen LogP contribution >= 0.6 is 0 Å². The van der Waals surface area contributed by atoms with Gasteiger partial charge in [-0.15, -0.1) is 0 Å². The summed E-state index contributed by atoms with van der Waals surface area (Å²) in [4.78, 5) is 0. The zero-order valence-corrected chi connectivity index (χ0v) is 12.3. The standard InChI is InChI=1S/C15H27N3/c1-5-14-13(9-16-12-7-8-12)15(6-2)18(17-14)10-11(3)4/h11-12,16H,5-10H2,1-4H3. The fourth-order valence-electron chi connectivity index (χ4n) is 2.50. The zero-order valence-electron chi connectivity index (χ0n) is 12.3. The quantitative estimate of drug-likeness (QED) is 0.805. The number of nitrogens with zero attached hydrogens (tertiary/aromatic N) is 2. The minimum Gasteiger partial charge on any atom is -0.310 e. The van der Waals surface area contributed by atoms with Crippen molar-refractivity contribution in [3.05, 3.63) is 17.0 Å². The first kappa shape index (κ1) is 13.6. The van der Waals surface area contributed by atoms with Crippen LogP contribution in [0.15, 0.2) is 0 Å². The topological polar surface area (TPSA) is 29.9 Å². The third-order valence-electron chi connectivity index (χ3n) is 3.60. The maximum atomic E-state index is 4.81. The minimum absolute atomic E-state index is 0.657. The van der Waals surface area contributed by atoms with Crippen molar-refractivity contribution in [2.75, 3.05) is 0 Å². The molecule has 0 aromatic carbocycles. The molecule has 1 heterocycles. The van der Waals surface area contributed by atoms with Gasteiger partial charge in [-0.1, -0.05) is 27.7 Å². The number of nitrogens with one attached hydrogen (secondary N) is 1. The van der Waals surface area contributed by atoms with E-state index in [9.17, 15) is 0 Å². The molecule has 0 atom stereocenters. The van der Waals surface area contributed by atoms with Crippen molar-refractivity contribution >= 4 is 0 Å². The lowest BCUT2D eigenvalue weighted by atomic mass is 10.1. The molecule has 1 aromatic rings. The number of hydrogen-bond donors (Lipinski definition) is 1. The van der Waals surface area contributed by atoms with Gasteiger partial charge in [-0.05, 0) is 31.6 Å². The van der Waals surface area contributed by atoms with E-state index in [-0.39, 0.29) is 0 Å². The Morgan fingerprint density at radius 3 is 2.50 bits per heavy atom. The second kappa shape index (κ2) is 5.87. The van der Waals surface area contributed by atoms with Crippen LogP contribution in [0.1, 0.15) is 57.5 Å². The third-order valence-corrected chi connectivity index (χ3v) is 3.60. The monoisotopic (exact) mass is 249 g/mol. The van der Waals surface area contributed by atoms with Crippen molar-refractivity contribution in [3.8, 4) is 0 Å². The van der Waals surface area contributed by atoms with E-state index >= 15 is 0 Å². The van der Waals surface area contributed by atoms with Crippen LogP contribution in [-0.2, 0) is 25.9 Å². The van der Waals surface area contributed by atoms with Crippen molar-refractivity contribution < 1.29 is 0 Å². The van der Waals surface area contributed by atoms with E-state index in [4.69, 9.17) is 5.10 Å². The van der Waals surface area contributed by atoms with Gasteiger partial charge < -0.3 is 5.32 Å². The van der Waals surface area contributed by atoms with Gasteiger partial charge in [0.1, 0.15) is 0 Å². The van der Waals surface area contributed by atoms with Crippen LogP contribution in [-0.4, -0.2) is 15.8 Å². The van der Waals surface area contributed by atoms with Crippen LogP contribution < -0.4 is 5.32 Å². The predicted octanol–water partition coefficient (Wildman–Crippen LogP) is 2.92. The summed E-state index contributed by atoms with van der Waals surface area (Å²) in [6, 6.07) is 0.771. The van der Waals surface area contributed by atoms with E-state index in [0.29, 0.717) is 5.92 Å². The molecule has 1 aliphatic carbocycles. The van der Waals surface area contributed by atoms with E-state index in [1.165, 1.54) is 29.8 Å². The summed E-state index contributed by atoms with van der Waals surface area (Å²) in [5.74, 6) is 0.657. The first-order chi connectivity index (χ1) is 8.65. The summed E-state index contributed by atoms with van der Waals surface area (Å²) in [7, 11) is 0. The smallest absolute Gasteiger partial charge is 0.0669 e. The number of hydrogen-bond acceptors (Lipinski definition) is 2. The molecule has 1 fully saturated rings. The lowest BCUT2D eigenvalue weighted by molar-refractivity contribution is 0.466. The molecule has 102 valence electrons. The molecule has 0 bridgehead atoms. The Balaban J connectivity index is 2.19. The van der Waals surface area contributed by atoms with Crippen LogP contribution in [0.4, 0.5) is 0 Å². The molecule has 0 saturated heterocycles. The molecule has 1 aliphatic rings. The Morgan fingerprint density at radius 1 is 1.28 bits per heavy atom. The molecule has 0 radical (unpaired) electrons. The Hall–Kier alpha value is -0.830. The van der Waals surface area contributed by atoms with Crippen LogP contribution in [0, 0.1) is 5.92 Å². The van der Waals surface area contributed by atoms with Crippen molar-refractivity contribution in [2.24, 2.45) is 5.92 Å². The van der Waals surface area contributed by atoms with E-state index in [1.54, 1.807) is 0 Å². The third kappa shape index (κ3) is 3.14. The van der Waals surface area contributed by atoms with E-state index in [2.05, 4.69) is 37.7 Å². The maximum Gasteiger partial charge on any atom is 0.0669 e. The first-order valence-electron chi connectivity index (χ1n) is 7.46. The van der Waals surface area contributed by atoms with E-state index < -0.39 is 0 Å². The normalized spacial score (nSPS) is 15.6. The SMILES string of the molecule is CCc1nn(CC(C)C)c(CC)c1CNC1CC1. The zero-order chi connectivity index (χ0) is 13.1. The van der Waals surface area contributed by atoms with Crippen LogP contribution in [0.2, 0.25) is 0 Å². The molecule has 2 rings (SSSR count). The van der Waals surface area contributed by atoms with Gasteiger partial charge in [0.2, 0.25) is 0 Å². The highest BCUT2D eigenvalue weighted by atomic mass is 15.3. The summed E-state index contributed by atoms with van der Waals surface area (Å²) >= 11 is 0. The van der Waals surface area contributed by atoms with Gasteiger partial charge in [0, 0.05) is 30.4 Å². The van der Waals surface area contributed by atoms with Gasteiger partial charge in [0.15, 0.2) is 0 Å². The van der Waals surface area contributed by atoms with Gasteiger partial charge in [-0.25, -0.2) is 0 Å². The Morgan fingerprint density at radius 2 is 2.00 bits per heavy atom. The summed E-state index contributed by atoms with van der Waals surface area (Å²) in [5, 5.41) is 8.45. The number of aryl methyl sites for hydroxylation is 1. The molecule has 0 spiro atoms. The largest absolute Gasteiger partial charge is 0.310 e. The molecule has 0 amide bonds. The summed E-state index contributed by atoms with van der Waals surface area (Å²) < 4.78 is 2.24. The number of aromatic nitrogens is 2. The maximum absolute atomic E-state index is 4.81. The summed E-state index contributed by atoms with van der Waals surface area (Å²) in [6.45, 7) is 11.0. The van der Waals surface area contributed by atoms with Crippen molar-refractivity contribution in [2.45, 2.75) is 72.5 Å². The van der Waals surface area contributed by atoms with Crippen molar-refractivity contribution in [3.63, 3.8) is 0 Å². The number of rotatable bonds is 7. The van der Waals surface area contributed by atoms with E-state index in [1.807, 2.05) is 0 Å². The summed E-state index contributed by atoms with van der Waals surface area (Å²) in [5.41, 5.74) is 4.20. The molecule has 3 nitrogen and oxygen atoms in total. The molecular formula is C15H27N3. The van der Waals surface area contributed by atoms with Crippen LogP contribution in [0.3, 0.4) is 0 Å². The lowest BCUT2D eigenvalue weighted by Gasteiger charge is -2.10. The molecule has 1 saturated carbocycles. The first-order valence-corrected chi connectivity index (χ1v) is 7.46. The minimum atomic E-state index is 0.657. The van der Waals surface area contributed by atoms with Crippen molar-refractivity contribution in [1.29, 1.82) is 0 Å². The Bertz CT molecular complexity index is 389. The average Bonchev–Trinajstić information content (AvgIpc) is 3.09. The second-order valence-corrected chi connectivity index (χ2v) is 5.81. The highest BCUT2D eigenvalue weighted by Crippen LogP contribution is 2.22. The van der Waals surface area contributed by atoms with E-state index in [0.717, 1.165) is 32.0 Å². The Labute approximate surface area is 111 Å². The molecule has 1 N–H and O–H groups in total. The lowest BCUT2D eigenvalue weighted by Crippen LogP contribution is -2.17. The molecule has 1 aromatic heterocycles. The van der Waals surface area contributed by atoms with Crippen LogP contribution in [0.25, 0.3) is 0 Å². The average molecular weight is 249 g/mol. The van der Waals surface area contributed by atoms with Crippen LogP contribution in [0.5, 0.6) is 0 Å². The molecule has 3 heteroatoms. The Kier molecular flexibility index (Phi) is 4.44. The van der Waals surface area contributed by atoms with Gasteiger partial charge in [0.05, 0.1) is 5.69 Å². The van der Waals surface area contributed by atoms with Crippen molar-refractivity contribution in [1.82, 2.24) is 15.1 Å². The van der Waals surface area contributed by atoms with Gasteiger partial charge in [-0.3, -0.25) is 4.68 Å². The van der Waals surface area contributed by atoms with Gasteiger partial charge in [0.25, 0.3) is 0 Å². The molecule has 0 aliphatic heterocycles. The highest BCUT2D eigenvalue weighted by molar-refractivity contribution is 5.27. The molecule has 0 unspecified atom stereocenters. The summed E-state index contributed by atoms with van der Waals surface area (Å²) in [6.07, 6.45) is 4.83. The molecule has 18 heavy (non-hydrogen) atoms.